The molecule has 3 aliphatic heterocycles. The van der Waals surface area contributed by atoms with Gasteiger partial charge in [-0.25, -0.2) is 19.6 Å². The number of hydrogen-bond acceptors (Lipinski definition) is 16. The lowest BCUT2D eigenvalue weighted by Crippen LogP contribution is -2.71. The molecule has 0 spiro atoms. The Morgan fingerprint density at radius 1 is 1.20 bits per heavy atom. The molecule has 0 bridgehead atoms. The molecular formula is C29H33N9O9S3. The molecule has 0 aliphatic carbocycles. The highest BCUT2D eigenvalue weighted by molar-refractivity contribution is 8.14. The molecule has 1 fully saturated rings. The van der Waals surface area contributed by atoms with Crippen molar-refractivity contribution in [1.82, 2.24) is 15.2 Å². The SMILES string of the molecule is COc1cccc(OC)c1N1C(SCC2=C(C(=O)O)N3C(=O)C(NC(=O)C(=NOC(C)(C)C(=O)O)c4csc(N)n4)[C@@H]3SC2)=NC(=N)CC1N. The molecule has 2 amide bonds. The van der Waals surface area contributed by atoms with E-state index in [0.29, 0.717) is 27.9 Å². The highest BCUT2D eigenvalue weighted by atomic mass is 32.2. The molecular weight excluding hydrogens is 715 g/mol. The van der Waals surface area contributed by atoms with Gasteiger partial charge < -0.3 is 41.3 Å². The maximum Gasteiger partial charge on any atom is 0.352 e. The third kappa shape index (κ3) is 7.06. The number of anilines is 2. The van der Waals surface area contributed by atoms with Gasteiger partial charge in [-0.3, -0.25) is 24.8 Å². The molecule has 18 nitrogen and oxygen atoms in total. The van der Waals surface area contributed by atoms with E-state index in [9.17, 15) is 29.4 Å². The number of carboxylic acid groups (broad SMARTS) is 2. The van der Waals surface area contributed by atoms with Crippen molar-refractivity contribution in [3.05, 3.63) is 40.5 Å². The number of nitrogens with one attached hydrogen (secondary N) is 2. The standard InChI is InChI=1S/C29H33N9O9S3/c1-29(2,26(43)44)47-36-18(13-11-49-27(32)33-13)22(39)35-19-23(40)38-20(25(41)42)12(9-48-24(19)38)10-50-28-34-16(30)8-17(31)37(28)21-14(45-3)6-5-7-15(21)46-4/h5-7,11,17,19,24,30H,8-10,31H2,1-4H3,(H2,32,33)(H,35,39)(H,41,42)(H,43,44)/t17?,19?,24-/m0/s1. The number of nitrogen functional groups attached to an aromatic ring is 1. The number of nitrogens with two attached hydrogens (primary N) is 2. The molecule has 1 saturated heterocycles. The number of amides is 2. The number of rotatable bonds is 12. The molecule has 1 aromatic heterocycles. The third-order valence-electron chi connectivity index (χ3n) is 7.59. The first-order valence-electron chi connectivity index (χ1n) is 14.6. The summed E-state index contributed by atoms with van der Waals surface area (Å²) in [6.07, 6.45) is -0.575. The predicted molar refractivity (Wildman–Crippen MR) is 188 cm³/mol. The molecule has 5 rings (SSSR count). The first kappa shape index (κ1) is 36.4. The van der Waals surface area contributed by atoms with Crippen molar-refractivity contribution in [2.75, 3.05) is 36.4 Å². The van der Waals surface area contributed by atoms with Gasteiger partial charge in [0.2, 0.25) is 5.60 Å². The number of β-lactam (4-membered cyclic amide) rings is 1. The Balaban J connectivity index is 1.37. The van der Waals surface area contributed by atoms with Crippen molar-refractivity contribution < 1.29 is 43.7 Å². The zero-order chi connectivity index (χ0) is 36.5. The van der Waals surface area contributed by atoms with Gasteiger partial charge in [-0.15, -0.1) is 23.1 Å². The zero-order valence-corrected chi connectivity index (χ0v) is 29.5. The predicted octanol–water partition coefficient (Wildman–Crippen LogP) is 1.33. The number of carbonyl (C=O) groups is 4. The fourth-order valence-corrected chi connectivity index (χ4v) is 8.14. The summed E-state index contributed by atoms with van der Waals surface area (Å²) < 4.78 is 11.1. The van der Waals surface area contributed by atoms with Crippen LogP contribution < -0.4 is 31.2 Å². The molecule has 8 N–H and O–H groups in total. The van der Waals surface area contributed by atoms with Crippen molar-refractivity contribution >= 4 is 86.1 Å². The normalized spacial score (nSPS) is 20.9. The molecule has 4 heterocycles. The Morgan fingerprint density at radius 3 is 2.46 bits per heavy atom. The monoisotopic (exact) mass is 747 g/mol. The van der Waals surface area contributed by atoms with E-state index < -0.39 is 52.6 Å². The van der Waals surface area contributed by atoms with E-state index in [1.165, 1.54) is 45.2 Å². The highest BCUT2D eigenvalue weighted by Crippen LogP contribution is 2.44. The number of oxime groups is 1. The van der Waals surface area contributed by atoms with Gasteiger partial charge in [0, 0.05) is 23.3 Å². The second-order valence-electron chi connectivity index (χ2n) is 11.3. The summed E-state index contributed by atoms with van der Waals surface area (Å²) in [7, 11) is 2.99. The number of carboxylic acids is 2. The summed E-state index contributed by atoms with van der Waals surface area (Å²) in [6.45, 7) is 2.47. The number of thiazole rings is 1. The van der Waals surface area contributed by atoms with Crippen LogP contribution in [0.5, 0.6) is 11.5 Å². The smallest absolute Gasteiger partial charge is 0.352 e. The maximum absolute atomic E-state index is 13.4. The van der Waals surface area contributed by atoms with Crippen LogP contribution in [0.4, 0.5) is 10.8 Å². The number of carbonyl (C=O) groups excluding carboxylic acids is 2. The molecule has 0 radical (unpaired) electrons. The number of para-hydroxylation sites is 1. The van der Waals surface area contributed by atoms with Gasteiger partial charge in [0.25, 0.3) is 11.8 Å². The quantitative estimate of drug-likeness (QED) is 0.102. The first-order chi connectivity index (χ1) is 23.7. The molecule has 21 heteroatoms. The van der Waals surface area contributed by atoms with E-state index in [2.05, 4.69) is 20.4 Å². The second-order valence-corrected chi connectivity index (χ2v) is 14.3. The number of amidine groups is 2. The topological polar surface area (TPSA) is 268 Å². The summed E-state index contributed by atoms with van der Waals surface area (Å²) >= 11 is 3.39. The van der Waals surface area contributed by atoms with Gasteiger partial charge >= 0.3 is 11.9 Å². The van der Waals surface area contributed by atoms with Gasteiger partial charge in [0.05, 0.1) is 20.4 Å². The lowest BCUT2D eigenvalue weighted by Gasteiger charge is -2.49. The van der Waals surface area contributed by atoms with E-state index in [1.54, 1.807) is 23.1 Å². The Bertz CT molecular complexity index is 1820. The number of aliphatic carboxylic acids is 2. The van der Waals surface area contributed by atoms with Gasteiger partial charge in [-0.05, 0) is 31.6 Å². The van der Waals surface area contributed by atoms with Gasteiger partial charge in [-0.2, -0.15) is 0 Å². The zero-order valence-electron chi connectivity index (χ0n) is 27.0. The third-order valence-corrected chi connectivity index (χ3v) is 10.6. The average Bonchev–Trinajstić information content (AvgIpc) is 3.50. The van der Waals surface area contributed by atoms with E-state index in [1.807, 2.05) is 0 Å². The number of nitrogens with zero attached hydrogens (tertiary/aromatic N) is 5. The molecule has 3 aliphatic rings. The van der Waals surface area contributed by atoms with Gasteiger partial charge in [-0.1, -0.05) is 23.0 Å². The van der Waals surface area contributed by atoms with Crippen LogP contribution in [-0.4, -0.2) is 109 Å². The molecule has 50 heavy (non-hydrogen) atoms. The van der Waals surface area contributed by atoms with Crippen LogP contribution in [0, 0.1) is 5.41 Å². The minimum absolute atomic E-state index is 0.00485. The Morgan fingerprint density at radius 2 is 1.88 bits per heavy atom. The molecule has 2 unspecified atom stereocenters. The Hall–Kier alpha value is -4.86. The van der Waals surface area contributed by atoms with E-state index in [-0.39, 0.29) is 40.3 Å². The second kappa shape index (κ2) is 14.5. The van der Waals surface area contributed by atoms with Crippen LogP contribution in [-0.2, 0) is 24.0 Å². The molecule has 2 aromatic rings. The van der Waals surface area contributed by atoms with E-state index in [0.717, 1.165) is 28.0 Å². The van der Waals surface area contributed by atoms with E-state index >= 15 is 0 Å². The number of methoxy groups -OCH3 is 2. The summed E-state index contributed by atoms with van der Waals surface area (Å²) in [5.41, 5.74) is 10.7. The summed E-state index contributed by atoms with van der Waals surface area (Å²) in [5, 5.41) is 35.2. The van der Waals surface area contributed by atoms with Crippen molar-refractivity contribution in [2.45, 2.75) is 43.5 Å². The molecule has 3 atom stereocenters. The van der Waals surface area contributed by atoms with Crippen LogP contribution in [0.3, 0.4) is 0 Å². The lowest BCUT2D eigenvalue weighted by molar-refractivity contribution is -0.161. The average molecular weight is 748 g/mol. The number of hydrogen-bond donors (Lipinski definition) is 6. The van der Waals surface area contributed by atoms with Crippen LogP contribution >= 0.6 is 34.9 Å². The van der Waals surface area contributed by atoms with Crippen molar-refractivity contribution in [2.24, 2.45) is 15.9 Å². The van der Waals surface area contributed by atoms with Gasteiger partial charge in [0.1, 0.15) is 45.8 Å². The van der Waals surface area contributed by atoms with Crippen LogP contribution in [0.25, 0.3) is 0 Å². The highest BCUT2D eigenvalue weighted by Gasteiger charge is 2.54. The Labute approximate surface area is 297 Å². The summed E-state index contributed by atoms with van der Waals surface area (Å²) in [6, 6.07) is 4.06. The van der Waals surface area contributed by atoms with Crippen LogP contribution in [0.15, 0.2) is 45.0 Å². The number of thioether (sulfide) groups is 2. The fourth-order valence-electron chi connectivity index (χ4n) is 5.03. The lowest BCUT2D eigenvalue weighted by atomic mass is 10.0. The van der Waals surface area contributed by atoms with Gasteiger partial charge in [0.15, 0.2) is 16.0 Å². The largest absolute Gasteiger partial charge is 0.494 e. The minimum atomic E-state index is -1.80. The van der Waals surface area contributed by atoms with E-state index in [4.69, 9.17) is 31.2 Å². The molecule has 1 aromatic carbocycles. The first-order valence-corrected chi connectivity index (χ1v) is 17.6. The number of aliphatic imine (C=N–C) groups is 1. The van der Waals surface area contributed by atoms with Crippen molar-refractivity contribution in [3.8, 4) is 11.5 Å². The van der Waals surface area contributed by atoms with Crippen LogP contribution in [0.2, 0.25) is 0 Å². The number of benzene rings is 1. The number of aromatic nitrogens is 1. The fraction of sp³-hybridized carbons (Fsp3) is 0.379. The molecule has 0 saturated carbocycles. The Kier molecular flexibility index (Phi) is 10.6. The van der Waals surface area contributed by atoms with Crippen LogP contribution in [0.1, 0.15) is 26.0 Å². The number of fused-ring (bicyclic) bond motifs is 1. The molecule has 266 valence electrons. The maximum atomic E-state index is 13.4. The van der Waals surface area contributed by atoms with Crippen molar-refractivity contribution in [1.29, 1.82) is 5.41 Å². The summed E-state index contributed by atoms with van der Waals surface area (Å²) in [4.78, 5) is 67.3. The summed E-state index contributed by atoms with van der Waals surface area (Å²) in [5.74, 6) is -3.07. The number of ether oxygens (including phenoxy) is 2. The minimum Gasteiger partial charge on any atom is -0.494 e. The van der Waals surface area contributed by atoms with Crippen molar-refractivity contribution in [3.63, 3.8) is 0 Å².